The number of benzene rings is 1. The van der Waals surface area contributed by atoms with E-state index in [9.17, 15) is 14.4 Å². The third-order valence-corrected chi connectivity index (χ3v) is 4.94. The van der Waals surface area contributed by atoms with Crippen molar-refractivity contribution in [2.75, 3.05) is 20.2 Å². The Morgan fingerprint density at radius 1 is 1.26 bits per heavy atom. The summed E-state index contributed by atoms with van der Waals surface area (Å²) in [5, 5.41) is 0. The quantitative estimate of drug-likeness (QED) is 0.761. The minimum atomic E-state index is -0.695. The number of methoxy groups -OCH3 is 1. The Morgan fingerprint density at radius 2 is 2.00 bits per heavy atom. The van der Waals surface area contributed by atoms with Crippen LogP contribution in [-0.4, -0.2) is 48.2 Å². The van der Waals surface area contributed by atoms with E-state index in [4.69, 9.17) is 9.47 Å². The molecule has 2 aliphatic heterocycles. The standard InChI is InChI=1S/C21H25NO5/c1-21(2)12-15(23)11-18(27-21)20(25)22-10-6-7-14(13-22)19(24)16-8-4-5-9-17(16)26-3/h4-5,8-9,11,14H,6-7,10,12-13H2,1-3H3/t14-/m0/s1. The van der Waals surface area contributed by atoms with Crippen molar-refractivity contribution in [3.8, 4) is 5.75 Å². The topological polar surface area (TPSA) is 72.9 Å². The normalized spacial score (nSPS) is 21.9. The Morgan fingerprint density at radius 3 is 2.70 bits per heavy atom. The van der Waals surface area contributed by atoms with E-state index in [2.05, 4.69) is 0 Å². The van der Waals surface area contributed by atoms with Gasteiger partial charge in [0.15, 0.2) is 17.3 Å². The lowest BCUT2D eigenvalue weighted by Crippen LogP contribution is -2.45. The minimum Gasteiger partial charge on any atom is -0.496 e. The number of ketones is 2. The summed E-state index contributed by atoms with van der Waals surface area (Å²) in [5.74, 6) is -0.160. The van der Waals surface area contributed by atoms with Crippen LogP contribution in [0.4, 0.5) is 0 Å². The second-order valence-corrected chi connectivity index (χ2v) is 7.67. The van der Waals surface area contributed by atoms with E-state index in [1.807, 2.05) is 6.07 Å². The highest BCUT2D eigenvalue weighted by atomic mass is 16.5. The first kappa shape index (κ1) is 19.1. The summed E-state index contributed by atoms with van der Waals surface area (Å²) in [5.41, 5.74) is -0.164. The number of carbonyl (C=O) groups is 3. The number of rotatable bonds is 4. The molecule has 27 heavy (non-hydrogen) atoms. The van der Waals surface area contributed by atoms with Gasteiger partial charge in [-0.15, -0.1) is 0 Å². The summed E-state index contributed by atoms with van der Waals surface area (Å²) in [6.07, 6.45) is 2.96. The molecule has 2 aliphatic rings. The van der Waals surface area contributed by atoms with Gasteiger partial charge < -0.3 is 14.4 Å². The molecule has 1 saturated heterocycles. The zero-order valence-corrected chi connectivity index (χ0v) is 16.0. The second-order valence-electron chi connectivity index (χ2n) is 7.67. The number of nitrogens with zero attached hydrogens (tertiary/aromatic N) is 1. The van der Waals surface area contributed by atoms with Crippen LogP contribution in [0.25, 0.3) is 0 Å². The molecule has 1 amide bonds. The van der Waals surface area contributed by atoms with E-state index >= 15 is 0 Å². The molecule has 0 spiro atoms. The molecule has 3 rings (SSSR count). The predicted molar refractivity (Wildman–Crippen MR) is 99.5 cm³/mol. The van der Waals surface area contributed by atoms with Gasteiger partial charge in [-0.25, -0.2) is 0 Å². The SMILES string of the molecule is COc1ccccc1C(=O)[C@H]1CCCN(C(=O)C2=CC(=O)CC(C)(C)O2)C1. The van der Waals surface area contributed by atoms with Crippen LogP contribution in [0.5, 0.6) is 5.75 Å². The Hall–Kier alpha value is -2.63. The molecule has 1 atom stereocenters. The monoisotopic (exact) mass is 371 g/mol. The number of amides is 1. The maximum atomic E-state index is 13.0. The Labute approximate surface area is 159 Å². The highest BCUT2D eigenvalue weighted by molar-refractivity contribution is 6.03. The highest BCUT2D eigenvalue weighted by Crippen LogP contribution is 2.29. The third kappa shape index (κ3) is 4.21. The van der Waals surface area contributed by atoms with E-state index in [-0.39, 0.29) is 35.6 Å². The molecule has 0 bridgehead atoms. The molecular formula is C21H25NO5. The molecule has 0 radical (unpaired) electrons. The van der Waals surface area contributed by atoms with E-state index < -0.39 is 5.60 Å². The van der Waals surface area contributed by atoms with Crippen molar-refractivity contribution >= 4 is 17.5 Å². The average Bonchev–Trinajstić information content (AvgIpc) is 2.65. The number of piperidine rings is 1. The van der Waals surface area contributed by atoms with Crippen molar-refractivity contribution in [1.82, 2.24) is 4.90 Å². The smallest absolute Gasteiger partial charge is 0.289 e. The molecule has 1 fully saturated rings. The van der Waals surface area contributed by atoms with E-state index in [0.717, 1.165) is 6.42 Å². The third-order valence-electron chi connectivity index (χ3n) is 4.94. The first-order chi connectivity index (χ1) is 12.8. The van der Waals surface area contributed by atoms with Gasteiger partial charge in [-0.1, -0.05) is 12.1 Å². The lowest BCUT2D eigenvalue weighted by Gasteiger charge is -2.35. The molecule has 1 aromatic carbocycles. The van der Waals surface area contributed by atoms with Gasteiger partial charge >= 0.3 is 0 Å². The fourth-order valence-corrected chi connectivity index (χ4v) is 3.69. The van der Waals surface area contributed by atoms with Crippen molar-refractivity contribution in [3.63, 3.8) is 0 Å². The van der Waals surface area contributed by atoms with Crippen molar-refractivity contribution in [3.05, 3.63) is 41.7 Å². The summed E-state index contributed by atoms with van der Waals surface area (Å²) in [6, 6.07) is 7.12. The lowest BCUT2D eigenvalue weighted by molar-refractivity contribution is -0.139. The summed E-state index contributed by atoms with van der Waals surface area (Å²) >= 11 is 0. The van der Waals surface area contributed by atoms with Gasteiger partial charge in [0, 0.05) is 31.5 Å². The molecule has 6 nitrogen and oxygen atoms in total. The summed E-state index contributed by atoms with van der Waals surface area (Å²) in [7, 11) is 1.54. The van der Waals surface area contributed by atoms with Crippen molar-refractivity contribution in [1.29, 1.82) is 0 Å². The molecule has 0 unspecified atom stereocenters. The molecule has 0 N–H and O–H groups in total. The largest absolute Gasteiger partial charge is 0.496 e. The van der Waals surface area contributed by atoms with Crippen LogP contribution >= 0.6 is 0 Å². The molecule has 2 heterocycles. The van der Waals surface area contributed by atoms with Gasteiger partial charge in [-0.3, -0.25) is 14.4 Å². The summed E-state index contributed by atoms with van der Waals surface area (Å²) < 4.78 is 11.0. The molecule has 144 valence electrons. The van der Waals surface area contributed by atoms with Crippen LogP contribution < -0.4 is 4.74 Å². The molecule has 1 aromatic rings. The maximum Gasteiger partial charge on any atom is 0.289 e. The Bertz CT molecular complexity index is 796. The van der Waals surface area contributed by atoms with Gasteiger partial charge in [-0.05, 0) is 38.8 Å². The zero-order valence-electron chi connectivity index (χ0n) is 16.0. The zero-order chi connectivity index (χ0) is 19.6. The van der Waals surface area contributed by atoms with Gasteiger partial charge in [0.05, 0.1) is 12.7 Å². The number of allylic oxidation sites excluding steroid dienone is 1. The van der Waals surface area contributed by atoms with E-state index in [0.29, 0.717) is 30.8 Å². The van der Waals surface area contributed by atoms with Crippen molar-refractivity contribution in [2.45, 2.75) is 38.7 Å². The van der Waals surface area contributed by atoms with Gasteiger partial charge in [0.2, 0.25) is 0 Å². The van der Waals surface area contributed by atoms with Crippen LogP contribution in [0, 0.1) is 5.92 Å². The highest BCUT2D eigenvalue weighted by Gasteiger charge is 2.36. The van der Waals surface area contributed by atoms with Crippen LogP contribution in [-0.2, 0) is 14.3 Å². The number of carbonyl (C=O) groups excluding carboxylic acids is 3. The minimum absolute atomic E-state index is 0.0279. The van der Waals surface area contributed by atoms with Gasteiger partial charge in [-0.2, -0.15) is 0 Å². The molecule has 6 heteroatoms. The number of ether oxygens (including phenoxy) is 2. The number of hydrogen-bond acceptors (Lipinski definition) is 5. The maximum absolute atomic E-state index is 13.0. The number of likely N-dealkylation sites (tertiary alicyclic amines) is 1. The van der Waals surface area contributed by atoms with Crippen LogP contribution in [0.1, 0.15) is 43.5 Å². The predicted octanol–water partition coefficient (Wildman–Crippen LogP) is 2.77. The number of Topliss-reactive ketones (excluding diaryl/α,β-unsaturated/α-hetero) is 1. The van der Waals surface area contributed by atoms with E-state index in [1.165, 1.54) is 13.2 Å². The molecule has 0 aliphatic carbocycles. The van der Waals surface area contributed by atoms with Gasteiger partial charge in [0.25, 0.3) is 5.91 Å². The van der Waals surface area contributed by atoms with Crippen molar-refractivity contribution < 1.29 is 23.9 Å². The summed E-state index contributed by atoms with van der Waals surface area (Å²) in [4.78, 5) is 39.3. The van der Waals surface area contributed by atoms with Crippen LogP contribution in [0.15, 0.2) is 36.1 Å². The van der Waals surface area contributed by atoms with Gasteiger partial charge in [0.1, 0.15) is 11.4 Å². The van der Waals surface area contributed by atoms with Crippen LogP contribution in [0.3, 0.4) is 0 Å². The Kier molecular flexibility index (Phi) is 5.35. The molecule has 0 aromatic heterocycles. The first-order valence-electron chi connectivity index (χ1n) is 9.21. The second kappa shape index (κ2) is 7.55. The Balaban J connectivity index is 1.75. The van der Waals surface area contributed by atoms with Crippen LogP contribution in [0.2, 0.25) is 0 Å². The molecule has 0 saturated carbocycles. The van der Waals surface area contributed by atoms with E-state index in [1.54, 1.807) is 36.9 Å². The number of hydrogen-bond donors (Lipinski definition) is 0. The molecular weight excluding hydrogens is 346 g/mol. The fraction of sp³-hybridized carbons (Fsp3) is 0.476. The first-order valence-corrected chi connectivity index (χ1v) is 9.21. The lowest BCUT2D eigenvalue weighted by atomic mass is 9.89. The van der Waals surface area contributed by atoms with Crippen molar-refractivity contribution in [2.24, 2.45) is 5.92 Å². The number of para-hydroxylation sites is 1. The fourth-order valence-electron chi connectivity index (χ4n) is 3.69. The summed E-state index contributed by atoms with van der Waals surface area (Å²) in [6.45, 7) is 4.43. The average molecular weight is 371 g/mol.